The lowest BCUT2D eigenvalue weighted by Crippen LogP contribution is -2.24. The number of amides is 1. The Labute approximate surface area is 150 Å². The van der Waals surface area contributed by atoms with Crippen LogP contribution in [0.1, 0.15) is 29.5 Å². The van der Waals surface area contributed by atoms with Gasteiger partial charge in [0.1, 0.15) is 5.75 Å². The van der Waals surface area contributed by atoms with Crippen LogP contribution in [0.5, 0.6) is 5.75 Å². The molecule has 0 saturated carbocycles. The fraction of sp³-hybridized carbons (Fsp3) is 0.263. The number of ether oxygens (including phenoxy) is 1. The Hall–Kier alpha value is -2.14. The van der Waals surface area contributed by atoms with Crippen molar-refractivity contribution in [3.63, 3.8) is 0 Å². The number of hydrogen-bond acceptors (Lipinski definition) is 3. The second-order valence-corrected chi connectivity index (χ2v) is 6.51. The van der Waals surface area contributed by atoms with Crippen molar-refractivity contribution in [1.82, 2.24) is 5.43 Å². The van der Waals surface area contributed by atoms with Crippen molar-refractivity contribution in [3.05, 3.63) is 63.6 Å². The number of halogens is 1. The highest BCUT2D eigenvalue weighted by atomic mass is 79.9. The highest BCUT2D eigenvalue weighted by Crippen LogP contribution is 2.35. The van der Waals surface area contributed by atoms with E-state index >= 15 is 0 Å². The predicted molar refractivity (Wildman–Crippen MR) is 98.5 cm³/mol. The molecule has 0 fully saturated rings. The Morgan fingerprint density at radius 1 is 1.17 bits per heavy atom. The monoisotopic (exact) mass is 386 g/mol. The Balaban J connectivity index is 1.54. The molecular formula is C19H19BrN2O2. The van der Waals surface area contributed by atoms with Crippen molar-refractivity contribution in [3.8, 4) is 5.75 Å². The second kappa shape index (κ2) is 8.11. The lowest BCUT2D eigenvalue weighted by Gasteiger charge is -2.19. The number of aryl methyl sites for hydroxylation is 1. The van der Waals surface area contributed by atoms with E-state index in [1.54, 1.807) is 6.21 Å². The molecule has 0 radical (unpaired) electrons. The predicted octanol–water partition coefficient (Wildman–Crippen LogP) is 3.86. The normalized spacial score (nSPS) is 13.5. The largest absolute Gasteiger partial charge is 0.483 e. The fourth-order valence-corrected chi connectivity index (χ4v) is 3.47. The molecule has 0 atom stereocenters. The van der Waals surface area contributed by atoms with Crippen molar-refractivity contribution in [2.45, 2.75) is 25.7 Å². The highest BCUT2D eigenvalue weighted by Gasteiger charge is 2.16. The van der Waals surface area contributed by atoms with Crippen LogP contribution in [-0.2, 0) is 17.6 Å². The lowest BCUT2D eigenvalue weighted by molar-refractivity contribution is -0.123. The zero-order chi connectivity index (χ0) is 16.8. The minimum absolute atomic E-state index is 0.0660. The topological polar surface area (TPSA) is 50.7 Å². The van der Waals surface area contributed by atoms with Crippen LogP contribution in [0.2, 0.25) is 0 Å². The van der Waals surface area contributed by atoms with Gasteiger partial charge < -0.3 is 4.74 Å². The number of hydrogen-bond donors (Lipinski definition) is 1. The first-order chi connectivity index (χ1) is 11.7. The quantitative estimate of drug-likeness (QED) is 0.626. The van der Waals surface area contributed by atoms with Crippen LogP contribution in [0.4, 0.5) is 0 Å². The summed E-state index contributed by atoms with van der Waals surface area (Å²) in [6.07, 6.45) is 6.21. The number of benzene rings is 2. The summed E-state index contributed by atoms with van der Waals surface area (Å²) in [6, 6.07) is 13.6. The summed E-state index contributed by atoms with van der Waals surface area (Å²) >= 11 is 3.61. The number of hydrazone groups is 1. The van der Waals surface area contributed by atoms with Gasteiger partial charge in [-0.2, -0.15) is 5.10 Å². The molecule has 1 aliphatic rings. The van der Waals surface area contributed by atoms with E-state index in [1.807, 2.05) is 36.4 Å². The molecule has 0 bridgehead atoms. The van der Waals surface area contributed by atoms with E-state index in [-0.39, 0.29) is 12.5 Å². The van der Waals surface area contributed by atoms with Gasteiger partial charge >= 0.3 is 0 Å². The van der Waals surface area contributed by atoms with Gasteiger partial charge in [0, 0.05) is 0 Å². The first kappa shape index (κ1) is 16.7. The van der Waals surface area contributed by atoms with Crippen LogP contribution in [0.25, 0.3) is 0 Å². The van der Waals surface area contributed by atoms with E-state index in [1.165, 1.54) is 24.0 Å². The third-order valence-electron chi connectivity index (χ3n) is 3.99. The average Bonchev–Trinajstić information content (AvgIpc) is 2.62. The summed E-state index contributed by atoms with van der Waals surface area (Å²) < 4.78 is 6.61. The Morgan fingerprint density at radius 3 is 2.79 bits per heavy atom. The SMILES string of the molecule is O=C(COc1ccc2c(c1Br)CCCC2)N/N=C\c1ccccc1. The molecule has 4 nitrogen and oxygen atoms in total. The molecule has 0 heterocycles. The Morgan fingerprint density at radius 2 is 1.96 bits per heavy atom. The third-order valence-corrected chi connectivity index (χ3v) is 4.86. The third kappa shape index (κ3) is 4.23. The molecule has 5 heteroatoms. The van der Waals surface area contributed by atoms with E-state index in [0.29, 0.717) is 5.75 Å². The van der Waals surface area contributed by atoms with Crippen LogP contribution in [0.15, 0.2) is 52.0 Å². The Kier molecular flexibility index (Phi) is 5.64. The Bertz CT molecular complexity index is 745. The van der Waals surface area contributed by atoms with Gasteiger partial charge in [0.2, 0.25) is 0 Å². The standard InChI is InChI=1S/C19H19BrN2O2/c20-19-16-9-5-4-8-15(16)10-11-17(19)24-13-18(23)22-21-12-14-6-2-1-3-7-14/h1-3,6-7,10-12H,4-5,8-9,13H2,(H,22,23)/b21-12-. The molecule has 24 heavy (non-hydrogen) atoms. The first-order valence-electron chi connectivity index (χ1n) is 8.04. The van der Waals surface area contributed by atoms with E-state index < -0.39 is 0 Å². The van der Waals surface area contributed by atoms with Gasteiger partial charge in [0.05, 0.1) is 10.7 Å². The summed E-state index contributed by atoms with van der Waals surface area (Å²) in [5.41, 5.74) is 6.08. The smallest absolute Gasteiger partial charge is 0.277 e. The summed E-state index contributed by atoms with van der Waals surface area (Å²) in [7, 11) is 0. The van der Waals surface area contributed by atoms with Gasteiger partial charge in [0.25, 0.3) is 5.91 Å². The van der Waals surface area contributed by atoms with Crippen molar-refractivity contribution in [2.24, 2.45) is 5.10 Å². The van der Waals surface area contributed by atoms with Gasteiger partial charge in [-0.1, -0.05) is 36.4 Å². The molecule has 124 valence electrons. The van der Waals surface area contributed by atoms with Gasteiger partial charge in [0.15, 0.2) is 6.61 Å². The van der Waals surface area contributed by atoms with Gasteiger partial charge in [-0.05, 0) is 64.4 Å². The average molecular weight is 387 g/mol. The number of fused-ring (bicyclic) bond motifs is 1. The van der Waals surface area contributed by atoms with Crippen LogP contribution < -0.4 is 10.2 Å². The molecule has 2 aromatic rings. The van der Waals surface area contributed by atoms with Crippen molar-refractivity contribution < 1.29 is 9.53 Å². The minimum Gasteiger partial charge on any atom is -0.483 e. The summed E-state index contributed by atoms with van der Waals surface area (Å²) in [6.45, 7) is -0.0660. The number of rotatable bonds is 5. The summed E-state index contributed by atoms with van der Waals surface area (Å²) in [4.78, 5) is 11.8. The van der Waals surface area contributed by atoms with Gasteiger partial charge in [-0.15, -0.1) is 0 Å². The van der Waals surface area contributed by atoms with Crippen LogP contribution in [-0.4, -0.2) is 18.7 Å². The maximum Gasteiger partial charge on any atom is 0.277 e. The van der Waals surface area contributed by atoms with Gasteiger partial charge in [-0.3, -0.25) is 4.79 Å². The van der Waals surface area contributed by atoms with Crippen molar-refractivity contribution >= 4 is 28.1 Å². The molecule has 0 spiro atoms. The maximum absolute atomic E-state index is 11.8. The van der Waals surface area contributed by atoms with Crippen molar-refractivity contribution in [2.75, 3.05) is 6.61 Å². The molecule has 0 aromatic heterocycles. The molecule has 0 unspecified atom stereocenters. The van der Waals surface area contributed by atoms with Gasteiger partial charge in [-0.25, -0.2) is 5.43 Å². The summed E-state index contributed by atoms with van der Waals surface area (Å²) in [5, 5.41) is 3.93. The van der Waals surface area contributed by atoms with Crippen molar-refractivity contribution in [1.29, 1.82) is 0 Å². The number of nitrogens with one attached hydrogen (secondary N) is 1. The highest BCUT2D eigenvalue weighted by molar-refractivity contribution is 9.10. The molecule has 0 aliphatic heterocycles. The minimum atomic E-state index is -0.285. The molecule has 0 saturated heterocycles. The number of carbonyl (C=O) groups is 1. The number of carbonyl (C=O) groups excluding carboxylic acids is 1. The summed E-state index contributed by atoms with van der Waals surface area (Å²) in [5.74, 6) is 0.421. The molecule has 2 aromatic carbocycles. The zero-order valence-electron chi connectivity index (χ0n) is 13.3. The van der Waals surface area contributed by atoms with E-state index in [4.69, 9.17) is 4.74 Å². The zero-order valence-corrected chi connectivity index (χ0v) is 14.9. The van der Waals surface area contributed by atoms with E-state index in [0.717, 1.165) is 22.9 Å². The first-order valence-corrected chi connectivity index (χ1v) is 8.83. The van der Waals surface area contributed by atoms with Crippen LogP contribution >= 0.6 is 15.9 Å². The molecule has 1 aliphatic carbocycles. The second-order valence-electron chi connectivity index (χ2n) is 5.72. The van der Waals surface area contributed by atoms with Crippen LogP contribution in [0, 0.1) is 0 Å². The lowest BCUT2D eigenvalue weighted by atomic mass is 9.92. The molecule has 1 N–H and O–H groups in total. The fourth-order valence-electron chi connectivity index (χ4n) is 2.77. The van der Waals surface area contributed by atoms with Crippen LogP contribution in [0.3, 0.4) is 0 Å². The maximum atomic E-state index is 11.8. The molecule has 3 rings (SSSR count). The number of nitrogens with zero attached hydrogens (tertiary/aromatic N) is 1. The van der Waals surface area contributed by atoms with E-state index in [2.05, 4.69) is 32.5 Å². The molecule has 1 amide bonds. The molecular weight excluding hydrogens is 368 g/mol. The van der Waals surface area contributed by atoms with E-state index in [9.17, 15) is 4.79 Å².